The summed E-state index contributed by atoms with van der Waals surface area (Å²) in [5, 5.41) is 7.58. The van der Waals surface area contributed by atoms with Crippen LogP contribution in [0.3, 0.4) is 0 Å². The summed E-state index contributed by atoms with van der Waals surface area (Å²) in [6.07, 6.45) is 6.20. The maximum Gasteiger partial charge on any atom is 0.254 e. The van der Waals surface area contributed by atoms with Gasteiger partial charge in [-0.3, -0.25) is 14.6 Å². The van der Waals surface area contributed by atoms with Gasteiger partial charge in [0.15, 0.2) is 0 Å². The molecule has 6 nitrogen and oxygen atoms in total. The number of hydrogen-bond donors (Lipinski definition) is 2. The summed E-state index contributed by atoms with van der Waals surface area (Å²) in [5.41, 5.74) is 2.70. The van der Waals surface area contributed by atoms with Crippen LogP contribution >= 0.6 is 11.6 Å². The number of carbonyl (C=O) groups excluding carboxylic acids is 1. The molecule has 0 radical (unpaired) electrons. The van der Waals surface area contributed by atoms with Crippen molar-refractivity contribution in [3.05, 3.63) is 39.9 Å². The average molecular weight is 431 g/mol. The van der Waals surface area contributed by atoms with Crippen molar-refractivity contribution in [3.8, 4) is 0 Å². The van der Waals surface area contributed by atoms with E-state index in [0.29, 0.717) is 12.5 Å². The molecule has 2 fully saturated rings. The molecule has 30 heavy (non-hydrogen) atoms. The Labute approximate surface area is 182 Å². The quantitative estimate of drug-likeness (QED) is 0.734. The summed E-state index contributed by atoms with van der Waals surface area (Å²) in [6.45, 7) is 4.82. The molecule has 2 aromatic heterocycles. The highest BCUT2D eigenvalue weighted by Crippen LogP contribution is 2.37. The number of carbonyl (C=O) groups is 1. The lowest BCUT2D eigenvalue weighted by atomic mass is 9.74. The number of fused-ring (bicyclic) bond motifs is 1. The molecule has 7 heteroatoms. The molecular formula is C23H31ClN4O2. The van der Waals surface area contributed by atoms with Gasteiger partial charge in [-0.2, -0.15) is 0 Å². The Morgan fingerprint density at radius 3 is 2.80 bits per heavy atom. The minimum absolute atomic E-state index is 0.0547. The van der Waals surface area contributed by atoms with Gasteiger partial charge in [0.1, 0.15) is 0 Å². The Hall–Kier alpha value is -1.92. The van der Waals surface area contributed by atoms with Crippen molar-refractivity contribution >= 4 is 28.4 Å². The molecule has 1 saturated heterocycles. The minimum atomic E-state index is -0.166. The smallest absolute Gasteiger partial charge is 0.254 e. The fourth-order valence-corrected chi connectivity index (χ4v) is 5.20. The van der Waals surface area contributed by atoms with Gasteiger partial charge in [0.2, 0.25) is 5.91 Å². The highest BCUT2D eigenvalue weighted by atomic mass is 35.5. The molecule has 1 aliphatic heterocycles. The normalized spacial score (nSPS) is 29.7. The molecule has 0 spiro atoms. The molecular weight excluding hydrogens is 400 g/mol. The molecule has 5 unspecified atom stereocenters. The van der Waals surface area contributed by atoms with E-state index in [2.05, 4.69) is 22.5 Å². The number of aryl methyl sites for hydroxylation is 2. The number of nitrogens with one attached hydrogen (secondary N) is 2. The predicted molar refractivity (Wildman–Crippen MR) is 120 cm³/mol. The lowest BCUT2D eigenvalue weighted by Crippen LogP contribution is -2.52. The second-order valence-electron chi connectivity index (χ2n) is 9.09. The minimum Gasteiger partial charge on any atom is -0.352 e. The topological polar surface area (TPSA) is 76.0 Å². The first-order valence-corrected chi connectivity index (χ1v) is 11.4. The monoisotopic (exact) mass is 430 g/mol. The molecule has 2 aliphatic rings. The number of hydrogen-bond acceptors (Lipinski definition) is 4. The first-order valence-electron chi connectivity index (χ1n) is 11.0. The summed E-state index contributed by atoms with van der Waals surface area (Å²) in [5.74, 6) is 0.578. The second kappa shape index (κ2) is 8.67. The number of piperidine rings is 1. The second-order valence-corrected chi connectivity index (χ2v) is 9.70. The molecule has 2 aromatic rings. The van der Waals surface area contributed by atoms with Crippen LogP contribution in [0.1, 0.15) is 56.2 Å². The van der Waals surface area contributed by atoms with Crippen molar-refractivity contribution in [3.63, 3.8) is 0 Å². The van der Waals surface area contributed by atoms with E-state index in [0.717, 1.165) is 54.3 Å². The van der Waals surface area contributed by atoms with Crippen molar-refractivity contribution in [1.29, 1.82) is 0 Å². The zero-order valence-corrected chi connectivity index (χ0v) is 18.7. The Morgan fingerprint density at radius 2 is 2.07 bits per heavy atom. The largest absolute Gasteiger partial charge is 0.352 e. The lowest BCUT2D eigenvalue weighted by molar-refractivity contribution is -0.124. The van der Waals surface area contributed by atoms with Crippen molar-refractivity contribution < 1.29 is 4.79 Å². The summed E-state index contributed by atoms with van der Waals surface area (Å²) in [7, 11) is 1.83. The highest BCUT2D eigenvalue weighted by molar-refractivity contribution is 6.20. The number of halogens is 1. The van der Waals surface area contributed by atoms with Crippen LogP contribution in [0.4, 0.5) is 0 Å². The zero-order valence-electron chi connectivity index (χ0n) is 18.0. The maximum atomic E-state index is 13.2. The van der Waals surface area contributed by atoms with Gasteiger partial charge in [0, 0.05) is 47.9 Å². The third kappa shape index (κ3) is 4.26. The van der Waals surface area contributed by atoms with E-state index in [1.54, 1.807) is 4.57 Å². The van der Waals surface area contributed by atoms with Crippen molar-refractivity contribution in [2.45, 2.75) is 69.3 Å². The summed E-state index contributed by atoms with van der Waals surface area (Å²) in [6, 6.07) is 3.89. The summed E-state index contributed by atoms with van der Waals surface area (Å²) in [4.78, 5) is 30.3. The summed E-state index contributed by atoms with van der Waals surface area (Å²) < 4.78 is 1.74. The maximum absolute atomic E-state index is 13.2. The van der Waals surface area contributed by atoms with Crippen molar-refractivity contribution in [2.75, 3.05) is 6.54 Å². The molecule has 1 aliphatic carbocycles. The Balaban J connectivity index is 1.54. The molecule has 0 bridgehead atoms. The summed E-state index contributed by atoms with van der Waals surface area (Å²) >= 11 is 6.13. The first kappa shape index (κ1) is 21.3. The van der Waals surface area contributed by atoms with Crippen molar-refractivity contribution in [1.82, 2.24) is 20.2 Å². The molecule has 4 rings (SSSR count). The van der Waals surface area contributed by atoms with Crippen LogP contribution in [-0.4, -0.2) is 39.5 Å². The molecule has 1 amide bonds. The van der Waals surface area contributed by atoms with E-state index in [9.17, 15) is 9.59 Å². The van der Waals surface area contributed by atoms with E-state index in [-0.39, 0.29) is 34.8 Å². The number of rotatable bonds is 3. The average Bonchev–Trinajstić information content (AvgIpc) is 2.73. The number of aromatic nitrogens is 2. The molecule has 162 valence electrons. The van der Waals surface area contributed by atoms with Gasteiger partial charge in [-0.15, -0.1) is 11.6 Å². The molecule has 1 saturated carbocycles. The molecule has 5 atom stereocenters. The van der Waals surface area contributed by atoms with Crippen LogP contribution in [-0.2, 0) is 11.8 Å². The van der Waals surface area contributed by atoms with E-state index in [1.165, 1.54) is 0 Å². The first-order chi connectivity index (χ1) is 14.3. The van der Waals surface area contributed by atoms with E-state index in [1.807, 2.05) is 32.3 Å². The van der Waals surface area contributed by atoms with Gasteiger partial charge < -0.3 is 15.2 Å². The van der Waals surface area contributed by atoms with Gasteiger partial charge >= 0.3 is 0 Å². The number of alkyl halides is 1. The van der Waals surface area contributed by atoms with Crippen molar-refractivity contribution in [2.24, 2.45) is 13.0 Å². The van der Waals surface area contributed by atoms with Crippen LogP contribution in [0.15, 0.2) is 23.1 Å². The molecule has 2 N–H and O–H groups in total. The number of pyridine rings is 2. The Kier molecular flexibility index (Phi) is 6.16. The standard InChI is InChI=1S/C23H31ClN4O2/c1-13-4-6-17(27-22(29)20-7-5-16(24)12-26-20)10-18(13)19-9-15-11-25-14(2)8-21(15)28(3)23(19)30/h8-9,11,13,16-18,20,26H,4-7,10,12H2,1-3H3,(H,27,29). The Bertz CT molecular complexity index is 997. The van der Waals surface area contributed by atoms with Crippen LogP contribution in [0.2, 0.25) is 0 Å². The van der Waals surface area contributed by atoms with E-state index < -0.39 is 0 Å². The van der Waals surface area contributed by atoms with Crippen LogP contribution in [0.5, 0.6) is 0 Å². The van der Waals surface area contributed by atoms with Gasteiger partial charge in [0.05, 0.1) is 11.6 Å². The van der Waals surface area contributed by atoms with Gasteiger partial charge in [-0.25, -0.2) is 0 Å². The van der Waals surface area contributed by atoms with Crippen LogP contribution in [0.25, 0.3) is 10.9 Å². The Morgan fingerprint density at radius 1 is 1.27 bits per heavy atom. The SMILES string of the molecule is Cc1cc2c(cn1)cc(C1CC(NC(=O)C3CCC(Cl)CN3)CCC1C)c(=O)n2C. The van der Waals surface area contributed by atoms with Gasteiger partial charge in [-0.1, -0.05) is 6.92 Å². The molecule has 3 heterocycles. The fraction of sp³-hybridized carbons (Fsp3) is 0.609. The third-order valence-electron chi connectivity index (χ3n) is 6.89. The number of nitrogens with zero attached hydrogens (tertiary/aromatic N) is 2. The zero-order chi connectivity index (χ0) is 21.4. The van der Waals surface area contributed by atoms with E-state index in [4.69, 9.17) is 11.6 Å². The number of amides is 1. The lowest BCUT2D eigenvalue weighted by Gasteiger charge is -2.36. The van der Waals surface area contributed by atoms with Crippen LogP contribution < -0.4 is 16.2 Å². The fourth-order valence-electron chi connectivity index (χ4n) is 4.99. The van der Waals surface area contributed by atoms with E-state index >= 15 is 0 Å². The van der Waals surface area contributed by atoms with Crippen LogP contribution in [0, 0.1) is 12.8 Å². The van der Waals surface area contributed by atoms with Gasteiger partial charge in [-0.05, 0) is 63.0 Å². The molecule has 0 aromatic carbocycles. The van der Waals surface area contributed by atoms with Gasteiger partial charge in [0.25, 0.3) is 5.56 Å². The third-order valence-corrected chi connectivity index (χ3v) is 7.26. The highest BCUT2D eigenvalue weighted by Gasteiger charge is 2.33. The predicted octanol–water partition coefficient (Wildman–Crippen LogP) is 2.99.